The lowest BCUT2D eigenvalue weighted by Crippen LogP contribution is -2.59. The number of hydrogen-bond acceptors (Lipinski definition) is 7. The van der Waals surface area contributed by atoms with E-state index in [0.717, 1.165) is 5.56 Å². The zero-order valence-electron chi connectivity index (χ0n) is 24.9. The summed E-state index contributed by atoms with van der Waals surface area (Å²) < 4.78 is 0. The van der Waals surface area contributed by atoms with Gasteiger partial charge in [-0.25, -0.2) is 0 Å². The van der Waals surface area contributed by atoms with Crippen molar-refractivity contribution in [2.45, 2.75) is 77.5 Å². The molecule has 0 fully saturated rings. The van der Waals surface area contributed by atoms with Crippen LogP contribution >= 0.6 is 0 Å². The second-order valence-electron chi connectivity index (χ2n) is 10.8. The Balaban J connectivity index is 2.53. The molecule has 0 radical (unpaired) electrons. The molecule has 4 unspecified atom stereocenters. The van der Waals surface area contributed by atoms with Crippen LogP contribution < -0.4 is 21.7 Å². The van der Waals surface area contributed by atoms with Crippen LogP contribution in [0.15, 0.2) is 40.3 Å². The Bertz CT molecular complexity index is 1180. The summed E-state index contributed by atoms with van der Waals surface area (Å²) in [6.45, 7) is 7.02. The minimum atomic E-state index is -1.44. The summed E-state index contributed by atoms with van der Waals surface area (Å²) in [4.78, 5) is 75.0. The lowest BCUT2D eigenvalue weighted by Gasteiger charge is -2.34. The van der Waals surface area contributed by atoms with Crippen LogP contribution in [-0.4, -0.2) is 95.5 Å². The number of hydrogen-bond donors (Lipinski definition) is 5. The molecule has 6 N–H and O–H groups in total. The van der Waals surface area contributed by atoms with Gasteiger partial charge in [-0.15, -0.1) is 0 Å². The molecule has 0 saturated carbocycles. The maximum Gasteiger partial charge on any atom is 0.305 e. The van der Waals surface area contributed by atoms with Crippen molar-refractivity contribution in [3.8, 4) is 0 Å². The summed E-state index contributed by atoms with van der Waals surface area (Å²) >= 11 is 0. The van der Waals surface area contributed by atoms with Crippen LogP contribution in [0.5, 0.6) is 0 Å². The molecule has 0 bridgehead atoms. The Morgan fingerprint density at radius 2 is 1.71 bits per heavy atom. The van der Waals surface area contributed by atoms with Gasteiger partial charge in [0.15, 0.2) is 0 Å². The topological polar surface area (TPSA) is 196 Å². The first-order chi connectivity index (χ1) is 19.8. The van der Waals surface area contributed by atoms with Gasteiger partial charge >= 0.3 is 5.97 Å². The van der Waals surface area contributed by atoms with Gasteiger partial charge in [0.2, 0.25) is 23.6 Å². The molecule has 2 rings (SSSR count). The number of amides is 4. The Labute approximate surface area is 246 Å². The normalized spacial score (nSPS) is 23.3. The number of amidine groups is 1. The largest absolute Gasteiger partial charge is 0.481 e. The summed E-state index contributed by atoms with van der Waals surface area (Å²) in [5.41, 5.74) is 6.83. The van der Waals surface area contributed by atoms with Crippen molar-refractivity contribution in [3.05, 3.63) is 35.9 Å². The molecule has 1 aliphatic rings. The molecular weight excluding hydrogens is 542 g/mol. The summed E-state index contributed by atoms with van der Waals surface area (Å²) in [6.07, 6.45) is 0.404. The third-order valence-electron chi connectivity index (χ3n) is 6.90. The molecule has 1 heterocycles. The number of rotatable bonds is 9. The molecule has 13 nitrogen and oxygen atoms in total. The van der Waals surface area contributed by atoms with Crippen molar-refractivity contribution < 1.29 is 29.1 Å². The minimum absolute atomic E-state index is 0.0852. The highest BCUT2D eigenvalue weighted by molar-refractivity contribution is 5.98. The summed E-state index contributed by atoms with van der Waals surface area (Å²) in [6, 6.07) is 4.93. The minimum Gasteiger partial charge on any atom is -0.481 e. The highest BCUT2D eigenvalue weighted by Crippen LogP contribution is 2.15. The van der Waals surface area contributed by atoms with E-state index in [4.69, 9.17) is 5.73 Å². The second-order valence-corrected chi connectivity index (χ2v) is 10.8. The Morgan fingerprint density at radius 3 is 2.31 bits per heavy atom. The van der Waals surface area contributed by atoms with E-state index in [1.165, 1.54) is 11.9 Å². The predicted octanol–water partition coefficient (Wildman–Crippen LogP) is 0.273. The van der Waals surface area contributed by atoms with Crippen molar-refractivity contribution in [1.29, 1.82) is 0 Å². The van der Waals surface area contributed by atoms with Gasteiger partial charge in [0.05, 0.1) is 18.3 Å². The van der Waals surface area contributed by atoms with Gasteiger partial charge in [0.1, 0.15) is 24.7 Å². The molecule has 230 valence electrons. The van der Waals surface area contributed by atoms with E-state index in [1.807, 2.05) is 19.9 Å². The van der Waals surface area contributed by atoms with Crippen LogP contribution in [0.25, 0.3) is 0 Å². The SMILES string of the molecule is CC(N)=NCCCC1NC(=O)C(C(C)C)N(C)C(=O)C(Cc2ccccc2)NC(=O)C(CC(=O)O)NC(=O)CN=C1C. The lowest BCUT2D eigenvalue weighted by atomic mass is 9.98. The van der Waals surface area contributed by atoms with Gasteiger partial charge in [0, 0.05) is 25.7 Å². The monoisotopic (exact) mass is 585 g/mol. The molecule has 1 aromatic carbocycles. The van der Waals surface area contributed by atoms with Crippen LogP contribution in [0.3, 0.4) is 0 Å². The number of carboxylic acids is 1. The van der Waals surface area contributed by atoms with Crippen molar-refractivity contribution in [2.24, 2.45) is 21.6 Å². The Kier molecular flexibility index (Phi) is 13.1. The highest BCUT2D eigenvalue weighted by Gasteiger charge is 2.36. The van der Waals surface area contributed by atoms with Crippen LogP contribution in [0.2, 0.25) is 0 Å². The first kappa shape index (κ1) is 33.9. The smallest absolute Gasteiger partial charge is 0.305 e. The third kappa shape index (κ3) is 10.6. The fourth-order valence-electron chi connectivity index (χ4n) is 4.75. The molecule has 13 heteroatoms. The summed E-state index contributed by atoms with van der Waals surface area (Å²) in [5, 5.41) is 17.5. The zero-order valence-corrected chi connectivity index (χ0v) is 24.9. The molecule has 0 aromatic heterocycles. The first-order valence-corrected chi connectivity index (χ1v) is 14.0. The molecular formula is C29H43N7O6. The number of nitrogens with one attached hydrogen (secondary N) is 3. The van der Waals surface area contributed by atoms with Gasteiger partial charge in [-0.1, -0.05) is 44.2 Å². The van der Waals surface area contributed by atoms with Crippen LogP contribution in [-0.2, 0) is 30.4 Å². The van der Waals surface area contributed by atoms with Gasteiger partial charge in [-0.3, -0.25) is 34.0 Å². The van der Waals surface area contributed by atoms with E-state index in [2.05, 4.69) is 25.9 Å². The fourth-order valence-corrected chi connectivity index (χ4v) is 4.75. The van der Waals surface area contributed by atoms with E-state index in [9.17, 15) is 29.1 Å². The quantitative estimate of drug-likeness (QED) is 0.156. The van der Waals surface area contributed by atoms with Crippen LogP contribution in [0, 0.1) is 5.92 Å². The Morgan fingerprint density at radius 1 is 1.07 bits per heavy atom. The standard InChI is InChI=1S/C29H43N7O6/c1-17(2)26-28(41)34-21(12-9-13-31-19(4)30)18(3)32-16-24(37)33-22(15-25(38)39)27(40)35-23(29(42)36(26)5)14-20-10-7-6-8-11-20/h6-8,10-11,17,21-23,26H,9,12-16H2,1-5H3,(H2,30,31)(H,33,37)(H,34,41)(H,35,40)(H,38,39). The van der Waals surface area contributed by atoms with Crippen molar-refractivity contribution in [3.63, 3.8) is 0 Å². The van der Waals surface area contributed by atoms with E-state index in [0.29, 0.717) is 30.9 Å². The van der Waals surface area contributed by atoms with Crippen LogP contribution in [0.1, 0.15) is 52.5 Å². The van der Waals surface area contributed by atoms with Gasteiger partial charge in [-0.2, -0.15) is 0 Å². The second kappa shape index (κ2) is 16.2. The number of nitrogens with zero attached hydrogens (tertiary/aromatic N) is 3. The van der Waals surface area contributed by atoms with Crippen LogP contribution in [0.4, 0.5) is 0 Å². The maximum absolute atomic E-state index is 13.9. The van der Waals surface area contributed by atoms with E-state index < -0.39 is 60.2 Å². The molecule has 1 aliphatic heterocycles. The average molecular weight is 586 g/mol. The fraction of sp³-hybridized carbons (Fsp3) is 0.552. The van der Waals surface area contributed by atoms with Gasteiger partial charge < -0.3 is 31.7 Å². The molecule has 1 aromatic rings. The predicted molar refractivity (Wildman–Crippen MR) is 159 cm³/mol. The molecule has 0 aliphatic carbocycles. The molecule has 0 saturated heterocycles. The van der Waals surface area contributed by atoms with E-state index in [-0.39, 0.29) is 18.9 Å². The lowest BCUT2D eigenvalue weighted by molar-refractivity contribution is -0.144. The number of carbonyl (C=O) groups excluding carboxylic acids is 4. The van der Waals surface area contributed by atoms with E-state index in [1.54, 1.807) is 38.1 Å². The van der Waals surface area contributed by atoms with Crippen molar-refractivity contribution in [1.82, 2.24) is 20.9 Å². The van der Waals surface area contributed by atoms with Gasteiger partial charge in [0.25, 0.3) is 0 Å². The number of carboxylic acid groups (broad SMARTS) is 1. The number of likely N-dealkylation sites (N-methyl/N-ethyl adjacent to an activating group) is 1. The first-order valence-electron chi connectivity index (χ1n) is 14.0. The molecule has 0 spiro atoms. The molecule has 4 amide bonds. The highest BCUT2D eigenvalue weighted by atomic mass is 16.4. The average Bonchev–Trinajstić information content (AvgIpc) is 2.91. The number of benzene rings is 1. The van der Waals surface area contributed by atoms with E-state index >= 15 is 0 Å². The third-order valence-corrected chi connectivity index (χ3v) is 6.90. The number of aliphatic carboxylic acids is 1. The number of aliphatic imine (C=N–C) groups is 2. The maximum atomic E-state index is 13.9. The zero-order chi connectivity index (χ0) is 31.4. The number of carbonyl (C=O) groups is 5. The summed E-state index contributed by atoms with van der Waals surface area (Å²) in [5.74, 6) is -3.62. The van der Waals surface area contributed by atoms with Crippen molar-refractivity contribution in [2.75, 3.05) is 20.1 Å². The molecule has 42 heavy (non-hydrogen) atoms. The van der Waals surface area contributed by atoms with Crippen molar-refractivity contribution >= 4 is 41.1 Å². The Hall–Kier alpha value is -4.29. The summed E-state index contributed by atoms with van der Waals surface area (Å²) in [7, 11) is 1.50. The number of nitrogens with two attached hydrogens (primary N) is 1. The van der Waals surface area contributed by atoms with Gasteiger partial charge in [-0.05, 0) is 38.2 Å². The molecule has 4 atom stereocenters.